The summed E-state index contributed by atoms with van der Waals surface area (Å²) in [5.41, 5.74) is 0.543. The maximum absolute atomic E-state index is 12.0. The first-order valence-corrected chi connectivity index (χ1v) is 6.62. The number of nitrogens with one attached hydrogen (secondary N) is 1. The van der Waals surface area contributed by atoms with Crippen LogP contribution < -0.4 is 14.8 Å². The van der Waals surface area contributed by atoms with Crippen molar-refractivity contribution in [2.75, 3.05) is 25.8 Å². The molecule has 0 aromatic heterocycles. The minimum absolute atomic E-state index is 0.0621. The summed E-state index contributed by atoms with van der Waals surface area (Å²) in [7, 11) is 1.60. The van der Waals surface area contributed by atoms with Crippen LogP contribution in [0.2, 0.25) is 0 Å². The second-order valence-electron chi connectivity index (χ2n) is 3.85. The summed E-state index contributed by atoms with van der Waals surface area (Å²) in [5, 5.41) is 3.50. The highest BCUT2D eigenvalue weighted by Crippen LogP contribution is 2.32. The largest absolute Gasteiger partial charge is 0.454 e. The number of halogens is 1. The molecule has 1 aliphatic heterocycles. The first-order valence-electron chi connectivity index (χ1n) is 5.50. The van der Waals surface area contributed by atoms with Crippen LogP contribution in [0.25, 0.3) is 0 Å². The van der Waals surface area contributed by atoms with E-state index in [0.29, 0.717) is 29.0 Å². The van der Waals surface area contributed by atoms with Gasteiger partial charge in [-0.05, 0) is 18.2 Å². The quantitative estimate of drug-likeness (QED) is 0.838. The number of fused-ring (bicyclic) bond motifs is 1. The molecule has 1 aromatic carbocycles. The summed E-state index contributed by atoms with van der Waals surface area (Å²) in [5.74, 6) is 1.11. The van der Waals surface area contributed by atoms with Crippen LogP contribution in [-0.2, 0) is 4.74 Å². The fraction of sp³-hybridized carbons (Fsp3) is 0.417. The van der Waals surface area contributed by atoms with Crippen LogP contribution in [0.3, 0.4) is 0 Å². The number of amides is 1. The zero-order chi connectivity index (χ0) is 13.0. The van der Waals surface area contributed by atoms with Gasteiger partial charge in [0.05, 0.1) is 12.6 Å². The van der Waals surface area contributed by atoms with Gasteiger partial charge in [-0.15, -0.1) is 0 Å². The van der Waals surface area contributed by atoms with Crippen LogP contribution in [0.5, 0.6) is 11.5 Å². The molecular weight excluding hydrogens is 302 g/mol. The van der Waals surface area contributed by atoms with Crippen molar-refractivity contribution in [2.45, 2.75) is 6.04 Å². The summed E-state index contributed by atoms with van der Waals surface area (Å²) >= 11 is 3.33. The van der Waals surface area contributed by atoms with Crippen molar-refractivity contribution in [3.8, 4) is 11.5 Å². The Morgan fingerprint density at radius 3 is 3.00 bits per heavy atom. The Kier molecular flexibility index (Phi) is 4.43. The Morgan fingerprint density at radius 2 is 2.28 bits per heavy atom. The number of hydrogen-bond donors (Lipinski definition) is 1. The van der Waals surface area contributed by atoms with Crippen molar-refractivity contribution in [3.63, 3.8) is 0 Å². The molecular formula is C12H14BrNO4. The Hall–Kier alpha value is -1.27. The topological polar surface area (TPSA) is 56.8 Å². The number of alkyl halides is 1. The summed E-state index contributed by atoms with van der Waals surface area (Å²) in [6.07, 6.45) is 0. The number of carbonyl (C=O) groups excluding carboxylic acids is 1. The van der Waals surface area contributed by atoms with Gasteiger partial charge in [0.15, 0.2) is 11.5 Å². The first kappa shape index (κ1) is 13.2. The van der Waals surface area contributed by atoms with Gasteiger partial charge in [-0.2, -0.15) is 0 Å². The number of ether oxygens (including phenoxy) is 3. The van der Waals surface area contributed by atoms with E-state index in [-0.39, 0.29) is 18.7 Å². The molecule has 0 fully saturated rings. The fourth-order valence-corrected chi connectivity index (χ4v) is 1.98. The lowest BCUT2D eigenvalue weighted by atomic mass is 10.2. The molecule has 0 radical (unpaired) electrons. The molecule has 0 saturated heterocycles. The summed E-state index contributed by atoms with van der Waals surface area (Å²) in [6.45, 7) is 0.662. The second kappa shape index (κ2) is 6.06. The van der Waals surface area contributed by atoms with Crippen LogP contribution in [0.4, 0.5) is 0 Å². The van der Waals surface area contributed by atoms with E-state index in [1.807, 2.05) is 0 Å². The van der Waals surface area contributed by atoms with Crippen molar-refractivity contribution < 1.29 is 19.0 Å². The van der Waals surface area contributed by atoms with E-state index in [1.54, 1.807) is 25.3 Å². The van der Waals surface area contributed by atoms with Crippen molar-refractivity contribution in [1.29, 1.82) is 0 Å². The molecule has 5 nitrogen and oxygen atoms in total. The average Bonchev–Trinajstić information content (AvgIpc) is 2.85. The SMILES string of the molecule is COCC(CBr)NC(=O)c1ccc2c(c1)OCO2. The molecule has 98 valence electrons. The molecule has 1 heterocycles. The van der Waals surface area contributed by atoms with Crippen LogP contribution in [-0.4, -0.2) is 37.8 Å². The minimum atomic E-state index is -0.158. The number of carbonyl (C=O) groups is 1. The molecule has 1 atom stereocenters. The van der Waals surface area contributed by atoms with Gasteiger partial charge in [-0.25, -0.2) is 0 Å². The Morgan fingerprint density at radius 1 is 1.50 bits per heavy atom. The normalized spacial score (nSPS) is 14.3. The van der Waals surface area contributed by atoms with E-state index in [1.165, 1.54) is 0 Å². The molecule has 1 aliphatic rings. The zero-order valence-corrected chi connectivity index (χ0v) is 11.5. The van der Waals surface area contributed by atoms with E-state index in [2.05, 4.69) is 21.2 Å². The van der Waals surface area contributed by atoms with Crippen molar-refractivity contribution in [1.82, 2.24) is 5.32 Å². The summed E-state index contributed by atoms with van der Waals surface area (Å²) < 4.78 is 15.4. The smallest absolute Gasteiger partial charge is 0.251 e. The average molecular weight is 316 g/mol. The molecule has 0 aliphatic carbocycles. The number of rotatable bonds is 5. The van der Waals surface area contributed by atoms with Gasteiger partial charge in [0.2, 0.25) is 6.79 Å². The predicted molar refractivity (Wildman–Crippen MR) is 69.5 cm³/mol. The van der Waals surface area contributed by atoms with Crippen molar-refractivity contribution in [2.24, 2.45) is 0 Å². The highest BCUT2D eigenvalue weighted by atomic mass is 79.9. The van der Waals surface area contributed by atoms with Crippen molar-refractivity contribution in [3.05, 3.63) is 23.8 Å². The van der Waals surface area contributed by atoms with E-state index in [0.717, 1.165) is 0 Å². The van der Waals surface area contributed by atoms with Crippen LogP contribution >= 0.6 is 15.9 Å². The van der Waals surface area contributed by atoms with Gasteiger partial charge >= 0.3 is 0 Å². The molecule has 1 aromatic rings. The minimum Gasteiger partial charge on any atom is -0.454 e. The fourth-order valence-electron chi connectivity index (χ4n) is 1.63. The van der Waals surface area contributed by atoms with Crippen LogP contribution in [0.1, 0.15) is 10.4 Å². The van der Waals surface area contributed by atoms with Gasteiger partial charge in [0, 0.05) is 18.0 Å². The van der Waals surface area contributed by atoms with Gasteiger partial charge in [-0.1, -0.05) is 15.9 Å². The second-order valence-corrected chi connectivity index (χ2v) is 4.50. The Balaban J connectivity index is 2.04. The van der Waals surface area contributed by atoms with E-state index in [9.17, 15) is 4.79 Å². The maximum Gasteiger partial charge on any atom is 0.251 e. The highest BCUT2D eigenvalue weighted by Gasteiger charge is 2.18. The number of methoxy groups -OCH3 is 1. The van der Waals surface area contributed by atoms with Crippen LogP contribution in [0, 0.1) is 0 Å². The third kappa shape index (κ3) is 2.94. The molecule has 0 spiro atoms. The van der Waals surface area contributed by atoms with Gasteiger partial charge in [-0.3, -0.25) is 4.79 Å². The van der Waals surface area contributed by atoms with Crippen LogP contribution in [0.15, 0.2) is 18.2 Å². The highest BCUT2D eigenvalue weighted by molar-refractivity contribution is 9.09. The lowest BCUT2D eigenvalue weighted by Crippen LogP contribution is -2.39. The number of benzene rings is 1. The van der Waals surface area contributed by atoms with E-state index < -0.39 is 0 Å². The van der Waals surface area contributed by atoms with E-state index in [4.69, 9.17) is 14.2 Å². The van der Waals surface area contributed by atoms with Gasteiger partial charge in [0.1, 0.15) is 0 Å². The molecule has 1 N–H and O–H groups in total. The maximum atomic E-state index is 12.0. The lowest BCUT2D eigenvalue weighted by Gasteiger charge is -2.15. The molecule has 0 bridgehead atoms. The lowest BCUT2D eigenvalue weighted by molar-refractivity contribution is 0.0907. The molecule has 18 heavy (non-hydrogen) atoms. The molecule has 1 amide bonds. The number of hydrogen-bond acceptors (Lipinski definition) is 4. The van der Waals surface area contributed by atoms with Crippen molar-refractivity contribution >= 4 is 21.8 Å². The monoisotopic (exact) mass is 315 g/mol. The summed E-state index contributed by atoms with van der Waals surface area (Å²) in [4.78, 5) is 12.0. The van der Waals surface area contributed by atoms with Gasteiger partial charge < -0.3 is 19.5 Å². The molecule has 1 unspecified atom stereocenters. The molecule has 0 saturated carbocycles. The predicted octanol–water partition coefficient (Wildman–Crippen LogP) is 1.55. The molecule has 6 heteroatoms. The third-order valence-electron chi connectivity index (χ3n) is 2.52. The standard InChI is InChI=1S/C12H14BrNO4/c1-16-6-9(5-13)14-12(15)8-2-3-10-11(4-8)18-7-17-10/h2-4,9H,5-7H2,1H3,(H,14,15). The molecule has 2 rings (SSSR count). The summed E-state index contributed by atoms with van der Waals surface area (Å²) in [6, 6.07) is 5.06. The zero-order valence-electron chi connectivity index (χ0n) is 9.94. The Labute approximate surface area is 114 Å². The first-order chi connectivity index (χ1) is 8.74. The Bertz CT molecular complexity index is 438. The third-order valence-corrected chi connectivity index (χ3v) is 3.31. The van der Waals surface area contributed by atoms with E-state index >= 15 is 0 Å². The van der Waals surface area contributed by atoms with Gasteiger partial charge in [0.25, 0.3) is 5.91 Å².